The van der Waals surface area contributed by atoms with Crippen molar-refractivity contribution in [1.82, 2.24) is 0 Å². The quantitative estimate of drug-likeness (QED) is 0.916. The molecular weight excluding hydrogens is 287 g/mol. The zero-order chi connectivity index (χ0) is 13.8. The number of aliphatic carboxylic acids is 1. The highest BCUT2D eigenvalue weighted by molar-refractivity contribution is 7.99. The molecule has 0 atom stereocenters. The van der Waals surface area contributed by atoms with Gasteiger partial charge in [0, 0.05) is 9.79 Å². The van der Waals surface area contributed by atoms with Crippen molar-refractivity contribution in [2.45, 2.75) is 16.2 Å². The molecule has 0 unspecified atom stereocenters. The van der Waals surface area contributed by atoms with Crippen LogP contribution in [0.5, 0.6) is 0 Å². The lowest BCUT2D eigenvalue weighted by Crippen LogP contribution is -1.99. The molecule has 0 saturated heterocycles. The summed E-state index contributed by atoms with van der Waals surface area (Å²) in [6.45, 7) is 0. The van der Waals surface area contributed by atoms with Crippen LogP contribution in [0.1, 0.15) is 5.56 Å². The molecule has 0 aliphatic rings. The van der Waals surface area contributed by atoms with E-state index >= 15 is 0 Å². The Labute approximate surface area is 119 Å². The third-order valence-electron chi connectivity index (χ3n) is 2.41. The molecule has 0 amide bonds. The summed E-state index contributed by atoms with van der Waals surface area (Å²) in [6.07, 6.45) is 0.000516. The number of benzene rings is 2. The zero-order valence-corrected chi connectivity index (χ0v) is 11.3. The Balaban J connectivity index is 2.10. The first-order valence-electron chi connectivity index (χ1n) is 5.48. The second-order valence-electron chi connectivity index (χ2n) is 3.89. The van der Waals surface area contributed by atoms with Gasteiger partial charge in [0.1, 0.15) is 5.82 Å². The molecule has 0 aliphatic heterocycles. The molecule has 0 heterocycles. The Morgan fingerprint density at radius 3 is 2.37 bits per heavy atom. The van der Waals surface area contributed by atoms with Crippen LogP contribution >= 0.6 is 23.4 Å². The topological polar surface area (TPSA) is 37.3 Å². The normalized spacial score (nSPS) is 10.4. The number of halogens is 2. The third kappa shape index (κ3) is 3.98. The Hall–Kier alpha value is -1.52. The number of carboxylic acid groups (broad SMARTS) is 1. The van der Waals surface area contributed by atoms with Crippen molar-refractivity contribution in [2.24, 2.45) is 0 Å². The molecule has 1 N–H and O–H groups in total. The van der Waals surface area contributed by atoms with Crippen LogP contribution in [0.25, 0.3) is 0 Å². The van der Waals surface area contributed by atoms with Crippen molar-refractivity contribution in [3.05, 3.63) is 58.9 Å². The first-order valence-corrected chi connectivity index (χ1v) is 6.67. The Bertz CT molecular complexity index is 599. The molecule has 0 saturated carbocycles. The number of hydrogen-bond donors (Lipinski definition) is 1. The summed E-state index contributed by atoms with van der Waals surface area (Å²) < 4.78 is 13.3. The van der Waals surface area contributed by atoms with Crippen LogP contribution in [0.2, 0.25) is 5.02 Å². The van der Waals surface area contributed by atoms with E-state index in [-0.39, 0.29) is 11.4 Å². The van der Waals surface area contributed by atoms with Gasteiger partial charge in [0.15, 0.2) is 0 Å². The second-order valence-corrected chi connectivity index (χ2v) is 5.45. The van der Waals surface area contributed by atoms with Gasteiger partial charge in [-0.25, -0.2) is 4.39 Å². The molecule has 98 valence electrons. The second kappa shape index (κ2) is 6.08. The van der Waals surface area contributed by atoms with Crippen LogP contribution in [0.15, 0.2) is 52.3 Å². The molecule has 0 aliphatic carbocycles. The van der Waals surface area contributed by atoms with Gasteiger partial charge in [0.25, 0.3) is 0 Å². The summed E-state index contributed by atoms with van der Waals surface area (Å²) in [7, 11) is 0. The lowest BCUT2D eigenvalue weighted by molar-refractivity contribution is -0.136. The average Bonchev–Trinajstić information content (AvgIpc) is 2.36. The maximum Gasteiger partial charge on any atom is 0.307 e. The molecule has 0 aromatic heterocycles. The highest BCUT2D eigenvalue weighted by Crippen LogP contribution is 2.30. The molecule has 0 radical (unpaired) electrons. The van der Waals surface area contributed by atoms with Crippen LogP contribution < -0.4 is 0 Å². The molecule has 2 aromatic carbocycles. The van der Waals surface area contributed by atoms with Crippen LogP contribution in [-0.2, 0) is 11.2 Å². The van der Waals surface area contributed by atoms with Gasteiger partial charge in [-0.15, -0.1) is 0 Å². The van der Waals surface area contributed by atoms with Gasteiger partial charge < -0.3 is 5.11 Å². The number of carboxylic acids is 1. The lowest BCUT2D eigenvalue weighted by atomic mass is 10.2. The molecule has 0 spiro atoms. The molecule has 5 heteroatoms. The van der Waals surface area contributed by atoms with Crippen molar-refractivity contribution in [1.29, 1.82) is 0 Å². The van der Waals surface area contributed by atoms with Crippen molar-refractivity contribution in [3.63, 3.8) is 0 Å². The zero-order valence-electron chi connectivity index (χ0n) is 9.77. The summed E-state index contributed by atoms with van der Waals surface area (Å²) in [5.74, 6) is -1.31. The van der Waals surface area contributed by atoms with Gasteiger partial charge in [0.05, 0.1) is 11.4 Å². The van der Waals surface area contributed by atoms with Crippen LogP contribution in [-0.4, -0.2) is 11.1 Å². The lowest BCUT2D eigenvalue weighted by Gasteiger charge is -2.04. The van der Waals surface area contributed by atoms with E-state index in [1.54, 1.807) is 18.2 Å². The maximum atomic E-state index is 13.3. The van der Waals surface area contributed by atoms with Crippen molar-refractivity contribution in [2.75, 3.05) is 0 Å². The van der Waals surface area contributed by atoms with E-state index in [1.807, 2.05) is 12.1 Å². The maximum absolute atomic E-state index is 13.3. The molecule has 2 rings (SSSR count). The molecule has 2 nitrogen and oxygen atoms in total. The van der Waals surface area contributed by atoms with E-state index in [2.05, 4.69) is 0 Å². The number of rotatable bonds is 4. The third-order valence-corrected chi connectivity index (χ3v) is 3.71. The standard InChI is InChI=1S/C14H10ClFO2S/c15-12-6-5-11(8-13(12)16)19-10-3-1-9(2-4-10)7-14(17)18/h1-6,8H,7H2,(H,17,18). The Kier molecular flexibility index (Phi) is 4.45. The highest BCUT2D eigenvalue weighted by atomic mass is 35.5. The summed E-state index contributed by atoms with van der Waals surface area (Å²) in [5, 5.41) is 8.77. The van der Waals surface area contributed by atoms with Crippen LogP contribution in [0, 0.1) is 5.82 Å². The minimum Gasteiger partial charge on any atom is -0.481 e. The van der Waals surface area contributed by atoms with E-state index in [0.717, 1.165) is 15.4 Å². The summed E-state index contributed by atoms with van der Waals surface area (Å²) >= 11 is 7.00. The van der Waals surface area contributed by atoms with Gasteiger partial charge in [-0.2, -0.15) is 0 Å². The first-order chi connectivity index (χ1) is 9.04. The SMILES string of the molecule is O=C(O)Cc1ccc(Sc2ccc(Cl)c(F)c2)cc1. The number of carbonyl (C=O) groups is 1. The van der Waals surface area contributed by atoms with Gasteiger partial charge in [-0.1, -0.05) is 35.5 Å². The van der Waals surface area contributed by atoms with Gasteiger partial charge >= 0.3 is 5.97 Å². The largest absolute Gasteiger partial charge is 0.481 e. The van der Waals surface area contributed by atoms with Crippen molar-refractivity contribution < 1.29 is 14.3 Å². The summed E-state index contributed by atoms with van der Waals surface area (Å²) in [4.78, 5) is 12.2. The number of hydrogen-bond acceptors (Lipinski definition) is 2. The van der Waals surface area contributed by atoms with E-state index in [4.69, 9.17) is 16.7 Å². The van der Waals surface area contributed by atoms with E-state index in [0.29, 0.717) is 0 Å². The summed E-state index contributed by atoms with van der Waals surface area (Å²) in [5.41, 5.74) is 0.735. The van der Waals surface area contributed by atoms with Gasteiger partial charge in [0.2, 0.25) is 0 Å². The predicted octanol–water partition coefficient (Wildman–Crippen LogP) is 4.26. The van der Waals surface area contributed by atoms with Gasteiger partial charge in [-0.05, 0) is 35.9 Å². The van der Waals surface area contributed by atoms with E-state index < -0.39 is 11.8 Å². The monoisotopic (exact) mass is 296 g/mol. The molecule has 2 aromatic rings. The van der Waals surface area contributed by atoms with Crippen LogP contribution in [0.4, 0.5) is 4.39 Å². The summed E-state index contributed by atoms with van der Waals surface area (Å²) in [6, 6.07) is 11.8. The van der Waals surface area contributed by atoms with E-state index in [1.165, 1.54) is 23.9 Å². The molecule has 0 fully saturated rings. The minimum atomic E-state index is -0.861. The molecule has 19 heavy (non-hydrogen) atoms. The fraction of sp³-hybridized carbons (Fsp3) is 0.0714. The minimum absolute atomic E-state index is 0.000516. The van der Waals surface area contributed by atoms with E-state index in [9.17, 15) is 9.18 Å². The first kappa shape index (κ1) is 13.9. The van der Waals surface area contributed by atoms with Gasteiger partial charge in [-0.3, -0.25) is 4.79 Å². The highest BCUT2D eigenvalue weighted by Gasteiger charge is 2.04. The van der Waals surface area contributed by atoms with Crippen LogP contribution in [0.3, 0.4) is 0 Å². The Morgan fingerprint density at radius 1 is 1.16 bits per heavy atom. The fourth-order valence-corrected chi connectivity index (χ4v) is 2.49. The predicted molar refractivity (Wildman–Crippen MR) is 73.3 cm³/mol. The van der Waals surface area contributed by atoms with Crippen molar-refractivity contribution >= 4 is 29.3 Å². The van der Waals surface area contributed by atoms with Crippen molar-refractivity contribution in [3.8, 4) is 0 Å². The fourth-order valence-electron chi connectivity index (χ4n) is 1.53. The molecular formula is C14H10ClFO2S. The Morgan fingerprint density at radius 2 is 1.79 bits per heavy atom. The molecule has 0 bridgehead atoms. The average molecular weight is 297 g/mol. The smallest absolute Gasteiger partial charge is 0.307 e.